The highest BCUT2D eigenvalue weighted by Crippen LogP contribution is 2.44. The van der Waals surface area contributed by atoms with E-state index >= 15 is 0 Å². The number of hydrogen-bond acceptors (Lipinski definition) is 6. The average Bonchev–Trinajstić information content (AvgIpc) is 3.28. The van der Waals surface area contributed by atoms with Crippen LogP contribution in [0.15, 0.2) is 36.4 Å². The highest BCUT2D eigenvalue weighted by molar-refractivity contribution is 6.31. The van der Waals surface area contributed by atoms with Gasteiger partial charge in [0.25, 0.3) is 0 Å². The number of H-pyrrole nitrogens is 1. The molecule has 1 unspecified atom stereocenters. The van der Waals surface area contributed by atoms with Gasteiger partial charge in [0.1, 0.15) is 0 Å². The number of aromatic amines is 1. The number of hydrogen-bond donors (Lipinski definition) is 1. The van der Waals surface area contributed by atoms with Crippen molar-refractivity contribution in [2.45, 2.75) is 38.0 Å². The molecule has 1 aliphatic carbocycles. The Kier molecular flexibility index (Phi) is 6.19. The van der Waals surface area contributed by atoms with Gasteiger partial charge in [-0.15, -0.1) is 10.2 Å². The first-order valence-corrected chi connectivity index (χ1v) is 11.4. The van der Waals surface area contributed by atoms with Crippen LogP contribution < -0.4 is 4.74 Å². The van der Waals surface area contributed by atoms with Crippen molar-refractivity contribution in [1.29, 1.82) is 0 Å². The molecule has 1 atom stereocenters. The fourth-order valence-electron chi connectivity index (χ4n) is 4.17. The van der Waals surface area contributed by atoms with Crippen LogP contribution in [0.2, 0.25) is 5.02 Å². The number of aromatic nitrogens is 5. The lowest BCUT2D eigenvalue weighted by atomic mass is 9.94. The lowest BCUT2D eigenvalue weighted by molar-refractivity contribution is 0.191. The predicted molar refractivity (Wildman–Crippen MR) is 122 cm³/mol. The van der Waals surface area contributed by atoms with E-state index in [2.05, 4.69) is 51.0 Å². The van der Waals surface area contributed by atoms with Crippen molar-refractivity contribution >= 4 is 17.2 Å². The molecule has 166 valence electrons. The second-order valence-electron chi connectivity index (χ2n) is 8.41. The van der Waals surface area contributed by atoms with Crippen LogP contribution in [-0.2, 0) is 17.6 Å². The summed E-state index contributed by atoms with van der Waals surface area (Å²) < 4.78 is 11.3. The molecule has 0 amide bonds. The predicted octanol–water partition coefficient (Wildman–Crippen LogP) is 4.39. The van der Waals surface area contributed by atoms with Crippen LogP contribution in [0.1, 0.15) is 53.4 Å². The van der Waals surface area contributed by atoms with Crippen molar-refractivity contribution in [1.82, 2.24) is 25.6 Å². The molecule has 2 fully saturated rings. The van der Waals surface area contributed by atoms with Crippen LogP contribution in [0, 0.1) is 5.92 Å². The zero-order valence-electron chi connectivity index (χ0n) is 18.1. The van der Waals surface area contributed by atoms with Crippen LogP contribution in [0.4, 0.5) is 0 Å². The Balaban J connectivity index is 1.46. The summed E-state index contributed by atoms with van der Waals surface area (Å²) in [6.07, 6.45) is 7.13. The third-order valence-corrected chi connectivity index (χ3v) is 6.47. The van der Waals surface area contributed by atoms with Gasteiger partial charge >= 0.3 is 0 Å². The van der Waals surface area contributed by atoms with Crippen LogP contribution >= 0.6 is 11.6 Å². The molecule has 2 aliphatic rings. The molecule has 1 aromatic carbocycles. The van der Waals surface area contributed by atoms with Gasteiger partial charge in [0.2, 0.25) is 5.88 Å². The maximum absolute atomic E-state index is 6.69. The summed E-state index contributed by atoms with van der Waals surface area (Å²) in [5.74, 6) is 2.34. The topological polar surface area (TPSA) is 85.8 Å². The number of pyridine rings is 1. The van der Waals surface area contributed by atoms with Crippen molar-refractivity contribution in [3.63, 3.8) is 0 Å². The largest absolute Gasteiger partial charge is 0.481 e. The van der Waals surface area contributed by atoms with Gasteiger partial charge in [-0.3, -0.25) is 0 Å². The summed E-state index contributed by atoms with van der Waals surface area (Å²) in [5.41, 5.74) is 5.26. The summed E-state index contributed by atoms with van der Waals surface area (Å²) in [6, 6.07) is 10.5. The molecule has 7 nitrogen and oxygen atoms in total. The van der Waals surface area contributed by atoms with E-state index in [9.17, 15) is 0 Å². The van der Waals surface area contributed by atoms with Gasteiger partial charge in [0, 0.05) is 35.1 Å². The van der Waals surface area contributed by atoms with E-state index in [-0.39, 0.29) is 0 Å². The zero-order chi connectivity index (χ0) is 21.9. The highest BCUT2D eigenvalue weighted by Gasteiger charge is 2.28. The Bertz CT molecular complexity index is 1110. The minimum atomic E-state index is 0.359. The zero-order valence-corrected chi connectivity index (χ0v) is 18.8. The first-order chi connectivity index (χ1) is 15.7. The quantitative estimate of drug-likeness (QED) is 0.546. The summed E-state index contributed by atoms with van der Waals surface area (Å²) >= 11 is 6.69. The maximum Gasteiger partial charge on any atom is 0.217 e. The number of nitrogens with one attached hydrogen (secondary N) is 1. The molecule has 3 aromatic rings. The van der Waals surface area contributed by atoms with Crippen LogP contribution in [0.5, 0.6) is 5.88 Å². The summed E-state index contributed by atoms with van der Waals surface area (Å²) in [7, 11) is 1.70. The van der Waals surface area contributed by atoms with Crippen molar-refractivity contribution in [2.24, 2.45) is 5.92 Å². The Morgan fingerprint density at radius 1 is 1.22 bits per heavy atom. The Hall–Kier alpha value is -2.77. The summed E-state index contributed by atoms with van der Waals surface area (Å²) in [5, 5.41) is 14.8. The van der Waals surface area contributed by atoms with Gasteiger partial charge in [-0.1, -0.05) is 41.1 Å². The molecule has 3 heterocycles. The molecule has 0 radical (unpaired) electrons. The number of halogens is 1. The van der Waals surface area contributed by atoms with E-state index in [0.717, 1.165) is 59.4 Å². The molecular weight excluding hydrogens is 426 g/mol. The van der Waals surface area contributed by atoms with Crippen LogP contribution in [0.25, 0.3) is 5.57 Å². The fraction of sp³-hybridized carbons (Fsp3) is 0.417. The number of methoxy groups -OCH3 is 1. The molecule has 1 aliphatic heterocycles. The number of benzene rings is 1. The molecule has 0 spiro atoms. The molecule has 1 N–H and O–H groups in total. The summed E-state index contributed by atoms with van der Waals surface area (Å²) in [6.45, 7) is 1.53. The molecule has 1 saturated carbocycles. The fourth-order valence-corrected chi connectivity index (χ4v) is 4.45. The number of nitrogens with zero attached hydrogens (tertiary/aromatic N) is 4. The van der Waals surface area contributed by atoms with Crippen molar-refractivity contribution < 1.29 is 9.47 Å². The number of ether oxygens (including phenoxy) is 2. The first-order valence-electron chi connectivity index (χ1n) is 11.1. The van der Waals surface area contributed by atoms with E-state index in [1.807, 2.05) is 6.07 Å². The van der Waals surface area contributed by atoms with E-state index in [1.165, 1.54) is 18.4 Å². The van der Waals surface area contributed by atoms with Gasteiger partial charge in [0.15, 0.2) is 5.82 Å². The van der Waals surface area contributed by atoms with Crippen molar-refractivity contribution in [3.05, 3.63) is 69.6 Å². The van der Waals surface area contributed by atoms with Gasteiger partial charge in [-0.2, -0.15) is 5.21 Å². The van der Waals surface area contributed by atoms with Gasteiger partial charge in [0.05, 0.1) is 19.4 Å². The Morgan fingerprint density at radius 3 is 2.81 bits per heavy atom. The second kappa shape index (κ2) is 9.38. The van der Waals surface area contributed by atoms with Gasteiger partial charge < -0.3 is 9.47 Å². The molecule has 0 bridgehead atoms. The number of rotatable bonds is 8. The van der Waals surface area contributed by atoms with E-state index in [4.69, 9.17) is 26.1 Å². The molecule has 5 rings (SSSR count). The maximum atomic E-state index is 6.69. The van der Waals surface area contributed by atoms with Crippen LogP contribution in [-0.4, -0.2) is 45.9 Å². The lowest BCUT2D eigenvalue weighted by Gasteiger charge is -2.15. The van der Waals surface area contributed by atoms with E-state index in [1.54, 1.807) is 7.11 Å². The molecule has 32 heavy (non-hydrogen) atoms. The van der Waals surface area contributed by atoms with Crippen LogP contribution in [0.3, 0.4) is 0 Å². The second-order valence-corrected chi connectivity index (χ2v) is 8.81. The third kappa shape index (κ3) is 4.69. The molecule has 8 heteroatoms. The van der Waals surface area contributed by atoms with Gasteiger partial charge in [-0.05, 0) is 54.9 Å². The normalized spacial score (nSPS) is 18.8. The van der Waals surface area contributed by atoms with Crippen molar-refractivity contribution in [3.8, 4) is 5.88 Å². The minimum Gasteiger partial charge on any atom is -0.481 e. The third-order valence-electron chi connectivity index (χ3n) is 6.11. The van der Waals surface area contributed by atoms with Crippen molar-refractivity contribution in [2.75, 3.05) is 20.3 Å². The lowest BCUT2D eigenvalue weighted by Crippen LogP contribution is -2.02. The monoisotopic (exact) mass is 451 g/mol. The average molecular weight is 452 g/mol. The van der Waals surface area contributed by atoms with Gasteiger partial charge in [-0.25, -0.2) is 4.98 Å². The highest BCUT2D eigenvalue weighted by atomic mass is 35.5. The standard InChI is InChI=1S/C24H26ClN5O2/c1-31-24-19(16-2-3-16)7-8-22(26-24)20(12-15-10-11-32-14-15)18-5-4-17(21(25)13-18)6-9-23-27-29-30-28-23/h4-5,7-8,12-13,15-16H,2-3,6,9-11,14H2,1H3,(H,27,28,29,30)/b20-12+. The molecular formula is C24H26ClN5O2. The van der Waals surface area contributed by atoms with E-state index < -0.39 is 0 Å². The Labute approximate surface area is 192 Å². The number of tetrazole rings is 1. The molecule has 1 saturated heterocycles. The SMILES string of the molecule is COc1nc(/C(=C/C2CCOC2)c2ccc(CCc3nn[nH]n3)c(Cl)c2)ccc1C1CC1. The Morgan fingerprint density at radius 2 is 2.12 bits per heavy atom. The minimum absolute atomic E-state index is 0.359. The number of aryl methyl sites for hydroxylation is 2. The molecule has 2 aromatic heterocycles. The smallest absolute Gasteiger partial charge is 0.217 e. The first kappa shape index (κ1) is 21.1. The summed E-state index contributed by atoms with van der Waals surface area (Å²) in [4.78, 5) is 4.89. The van der Waals surface area contributed by atoms with E-state index in [0.29, 0.717) is 24.1 Å².